The van der Waals surface area contributed by atoms with Crippen LogP contribution in [0.3, 0.4) is 0 Å². The highest BCUT2D eigenvalue weighted by molar-refractivity contribution is 6.10. The van der Waals surface area contributed by atoms with Crippen LogP contribution >= 0.6 is 0 Å². The zero-order valence-electron chi connectivity index (χ0n) is 18.8. The van der Waals surface area contributed by atoms with Crippen LogP contribution < -0.4 is 9.80 Å². The van der Waals surface area contributed by atoms with Crippen LogP contribution in [0.4, 0.5) is 17.1 Å². The highest BCUT2D eigenvalue weighted by Gasteiger charge is 2.24. The van der Waals surface area contributed by atoms with Crippen LogP contribution in [0.5, 0.6) is 0 Å². The highest BCUT2D eigenvalue weighted by Crippen LogP contribution is 2.41. The maximum absolute atomic E-state index is 4.42. The number of fused-ring (bicyclic) bond motifs is 4. The molecule has 1 aliphatic heterocycles. The molecule has 7 rings (SSSR count). The lowest BCUT2D eigenvalue weighted by Crippen LogP contribution is -2.23. The van der Waals surface area contributed by atoms with Crippen molar-refractivity contribution in [3.8, 4) is 11.4 Å². The smallest absolute Gasteiger partial charge is 0.0950 e. The molecule has 0 bridgehead atoms. The van der Waals surface area contributed by atoms with E-state index in [4.69, 9.17) is 0 Å². The van der Waals surface area contributed by atoms with Crippen LogP contribution in [-0.2, 0) is 0 Å². The van der Waals surface area contributed by atoms with Gasteiger partial charge in [0.15, 0.2) is 0 Å². The second kappa shape index (κ2) is 7.25. The molecule has 0 saturated carbocycles. The number of rotatable bonds is 3. The standard InChI is InChI=1S/C29H23N5/c1-31-20-32(28-13-5-4-12-27(28)31)21-14-15-25-24-10-2-3-11-26(24)34(29(25)19-21)23-9-6-8-22(18-23)33-17-7-16-30-33/h2-19H,20H2,1H3. The molecule has 2 aromatic heterocycles. The molecule has 164 valence electrons. The third-order valence-corrected chi connectivity index (χ3v) is 6.76. The van der Waals surface area contributed by atoms with Crippen molar-refractivity contribution in [1.29, 1.82) is 0 Å². The van der Waals surface area contributed by atoms with E-state index in [1.165, 1.54) is 38.9 Å². The topological polar surface area (TPSA) is 29.2 Å². The first kappa shape index (κ1) is 19.0. The summed E-state index contributed by atoms with van der Waals surface area (Å²) in [4.78, 5) is 4.68. The monoisotopic (exact) mass is 441 g/mol. The lowest BCUT2D eigenvalue weighted by Gasteiger charge is -2.20. The Morgan fingerprint density at radius 2 is 1.44 bits per heavy atom. The maximum Gasteiger partial charge on any atom is 0.0950 e. The van der Waals surface area contributed by atoms with Crippen LogP contribution in [0.1, 0.15) is 0 Å². The van der Waals surface area contributed by atoms with Crippen molar-refractivity contribution in [3.05, 3.63) is 109 Å². The van der Waals surface area contributed by atoms with Gasteiger partial charge >= 0.3 is 0 Å². The van der Waals surface area contributed by atoms with Gasteiger partial charge in [0.1, 0.15) is 0 Å². The normalized spacial score (nSPS) is 13.2. The highest BCUT2D eigenvalue weighted by atomic mass is 15.4. The Morgan fingerprint density at radius 1 is 0.647 bits per heavy atom. The van der Waals surface area contributed by atoms with E-state index < -0.39 is 0 Å². The summed E-state index contributed by atoms with van der Waals surface area (Å²) < 4.78 is 4.27. The summed E-state index contributed by atoms with van der Waals surface area (Å²) in [5.74, 6) is 0. The van der Waals surface area contributed by atoms with E-state index in [9.17, 15) is 0 Å². The Bertz CT molecular complexity index is 1660. The zero-order valence-corrected chi connectivity index (χ0v) is 18.8. The van der Waals surface area contributed by atoms with Crippen LogP contribution in [-0.4, -0.2) is 28.1 Å². The molecule has 5 heteroatoms. The molecule has 0 aliphatic carbocycles. The molecule has 0 atom stereocenters. The van der Waals surface area contributed by atoms with Crippen molar-refractivity contribution in [3.63, 3.8) is 0 Å². The Balaban J connectivity index is 1.46. The van der Waals surface area contributed by atoms with Gasteiger partial charge in [-0.25, -0.2) is 4.68 Å². The molecule has 0 saturated heterocycles. The van der Waals surface area contributed by atoms with Crippen molar-refractivity contribution in [2.45, 2.75) is 0 Å². The van der Waals surface area contributed by atoms with Crippen molar-refractivity contribution in [1.82, 2.24) is 14.3 Å². The summed E-state index contributed by atoms with van der Waals surface area (Å²) in [6.45, 7) is 0.833. The van der Waals surface area contributed by atoms with E-state index in [1.54, 1.807) is 0 Å². The second-order valence-corrected chi connectivity index (χ2v) is 8.78. The Morgan fingerprint density at radius 3 is 2.32 bits per heavy atom. The molecule has 4 aromatic carbocycles. The van der Waals surface area contributed by atoms with Gasteiger partial charge < -0.3 is 14.4 Å². The molecule has 6 aromatic rings. The van der Waals surface area contributed by atoms with Gasteiger partial charge in [-0.1, -0.05) is 42.5 Å². The quantitative estimate of drug-likeness (QED) is 0.313. The van der Waals surface area contributed by atoms with Gasteiger partial charge in [-0.3, -0.25) is 0 Å². The molecule has 0 amide bonds. The summed E-state index contributed by atoms with van der Waals surface area (Å²) >= 11 is 0. The number of para-hydroxylation sites is 3. The maximum atomic E-state index is 4.42. The van der Waals surface area contributed by atoms with Crippen molar-refractivity contribution in [2.75, 3.05) is 23.5 Å². The van der Waals surface area contributed by atoms with Gasteiger partial charge in [0.05, 0.1) is 34.8 Å². The van der Waals surface area contributed by atoms with E-state index in [0.717, 1.165) is 18.0 Å². The van der Waals surface area contributed by atoms with Crippen LogP contribution in [0.15, 0.2) is 109 Å². The molecular weight excluding hydrogens is 418 g/mol. The summed E-state index contributed by atoms with van der Waals surface area (Å²) in [6, 6.07) is 34.6. The van der Waals surface area contributed by atoms with E-state index in [-0.39, 0.29) is 0 Å². The van der Waals surface area contributed by atoms with E-state index in [2.05, 4.69) is 118 Å². The van der Waals surface area contributed by atoms with Crippen molar-refractivity contribution in [2.24, 2.45) is 0 Å². The van der Waals surface area contributed by atoms with Gasteiger partial charge in [-0.2, -0.15) is 5.10 Å². The predicted molar refractivity (Wildman–Crippen MR) is 140 cm³/mol. The second-order valence-electron chi connectivity index (χ2n) is 8.78. The Kier molecular flexibility index (Phi) is 4.05. The first-order chi connectivity index (χ1) is 16.8. The molecule has 1 aliphatic rings. The fourth-order valence-electron chi connectivity index (χ4n) is 5.20. The first-order valence-corrected chi connectivity index (χ1v) is 11.5. The summed E-state index contributed by atoms with van der Waals surface area (Å²) in [7, 11) is 2.15. The minimum absolute atomic E-state index is 0.833. The third kappa shape index (κ3) is 2.77. The van der Waals surface area contributed by atoms with Crippen LogP contribution in [0.2, 0.25) is 0 Å². The zero-order chi connectivity index (χ0) is 22.6. The average molecular weight is 442 g/mol. The van der Waals surface area contributed by atoms with Gasteiger partial charge in [-0.15, -0.1) is 0 Å². The lowest BCUT2D eigenvalue weighted by molar-refractivity contribution is 0.879. The SMILES string of the molecule is CN1CN(c2ccc3c4ccccc4n(-c4cccc(-n5cccn5)c4)c3c2)c2ccccc21. The largest absolute Gasteiger partial charge is 0.355 e. The number of nitrogens with zero attached hydrogens (tertiary/aromatic N) is 5. The Hall–Kier alpha value is -4.51. The average Bonchev–Trinajstić information content (AvgIpc) is 3.61. The number of aromatic nitrogens is 3. The van der Waals surface area contributed by atoms with Gasteiger partial charge in [0.2, 0.25) is 0 Å². The number of benzene rings is 4. The number of anilines is 3. The van der Waals surface area contributed by atoms with Gasteiger partial charge in [0.25, 0.3) is 0 Å². The molecule has 0 radical (unpaired) electrons. The van der Waals surface area contributed by atoms with E-state index >= 15 is 0 Å². The molecule has 0 spiro atoms. The third-order valence-electron chi connectivity index (χ3n) is 6.76. The van der Waals surface area contributed by atoms with Crippen LogP contribution in [0.25, 0.3) is 33.2 Å². The summed E-state index contributed by atoms with van der Waals surface area (Å²) in [6.07, 6.45) is 3.79. The van der Waals surface area contributed by atoms with Crippen LogP contribution in [0, 0.1) is 0 Å². The van der Waals surface area contributed by atoms with Gasteiger partial charge in [0, 0.05) is 41.6 Å². The number of hydrogen-bond acceptors (Lipinski definition) is 3. The minimum atomic E-state index is 0.833. The van der Waals surface area contributed by atoms with Crippen molar-refractivity contribution >= 4 is 38.9 Å². The first-order valence-electron chi connectivity index (χ1n) is 11.5. The molecule has 5 nitrogen and oxygen atoms in total. The fourth-order valence-corrected chi connectivity index (χ4v) is 5.20. The molecule has 0 unspecified atom stereocenters. The molecule has 3 heterocycles. The fraction of sp³-hybridized carbons (Fsp3) is 0.0690. The van der Waals surface area contributed by atoms with Crippen molar-refractivity contribution < 1.29 is 0 Å². The molecule has 0 N–H and O–H groups in total. The van der Waals surface area contributed by atoms with Gasteiger partial charge in [-0.05, 0) is 54.6 Å². The molecule has 34 heavy (non-hydrogen) atoms. The number of hydrogen-bond donors (Lipinski definition) is 0. The Labute approximate surface area is 197 Å². The van der Waals surface area contributed by atoms with E-state index in [0.29, 0.717) is 0 Å². The minimum Gasteiger partial charge on any atom is -0.355 e. The summed E-state index contributed by atoms with van der Waals surface area (Å²) in [5.41, 5.74) is 8.25. The lowest BCUT2D eigenvalue weighted by atomic mass is 10.1. The predicted octanol–water partition coefficient (Wildman–Crippen LogP) is 6.51. The van der Waals surface area contributed by atoms with E-state index in [1.807, 2.05) is 23.1 Å². The molecular formula is C29H23N5. The summed E-state index contributed by atoms with van der Waals surface area (Å²) in [5, 5.41) is 6.94. The molecule has 0 fully saturated rings.